The van der Waals surface area contributed by atoms with Crippen LogP contribution in [-0.2, 0) is 13.6 Å². The molecule has 0 aliphatic rings. The highest BCUT2D eigenvalue weighted by Gasteiger charge is 2.05. The van der Waals surface area contributed by atoms with Crippen molar-refractivity contribution < 1.29 is 5.11 Å². The van der Waals surface area contributed by atoms with Crippen molar-refractivity contribution >= 4 is 0 Å². The summed E-state index contributed by atoms with van der Waals surface area (Å²) in [5.41, 5.74) is 1.19. The van der Waals surface area contributed by atoms with Gasteiger partial charge in [0.25, 0.3) is 0 Å². The average Bonchev–Trinajstić information content (AvgIpc) is 2.63. The van der Waals surface area contributed by atoms with Crippen molar-refractivity contribution in [1.82, 2.24) is 14.9 Å². The zero-order valence-corrected chi connectivity index (χ0v) is 9.61. The summed E-state index contributed by atoms with van der Waals surface area (Å²) in [7, 11) is 2.00. The minimum atomic E-state index is 0.284. The molecular weight excluding hydrogens is 190 g/mol. The molecule has 0 fully saturated rings. The van der Waals surface area contributed by atoms with Crippen LogP contribution in [0.1, 0.15) is 25.5 Å². The van der Waals surface area contributed by atoms with Crippen molar-refractivity contribution in [2.45, 2.75) is 26.3 Å². The molecule has 0 aliphatic heterocycles. The predicted octanol–water partition coefficient (Wildman–Crippen LogP) is 0.918. The van der Waals surface area contributed by atoms with E-state index in [-0.39, 0.29) is 6.61 Å². The van der Waals surface area contributed by atoms with E-state index in [4.69, 9.17) is 5.11 Å². The molecule has 0 radical (unpaired) electrons. The van der Waals surface area contributed by atoms with Gasteiger partial charge in [-0.1, -0.05) is 13.3 Å². The highest BCUT2D eigenvalue weighted by atomic mass is 16.3. The van der Waals surface area contributed by atoms with Gasteiger partial charge in [0.15, 0.2) is 0 Å². The van der Waals surface area contributed by atoms with Gasteiger partial charge in [0, 0.05) is 26.4 Å². The summed E-state index contributed by atoms with van der Waals surface area (Å²) in [6, 6.07) is 0. The van der Waals surface area contributed by atoms with Crippen LogP contribution >= 0.6 is 0 Å². The molecule has 2 N–H and O–H groups in total. The first-order chi connectivity index (χ1) is 7.27. The van der Waals surface area contributed by atoms with Gasteiger partial charge in [-0.05, 0) is 18.9 Å². The van der Waals surface area contributed by atoms with Gasteiger partial charge in [0.2, 0.25) is 0 Å². The Balaban J connectivity index is 2.23. The fraction of sp³-hybridized carbons (Fsp3) is 0.727. The maximum atomic E-state index is 8.85. The second-order valence-corrected chi connectivity index (χ2v) is 3.91. The van der Waals surface area contributed by atoms with Crippen LogP contribution in [0.5, 0.6) is 0 Å². The molecular formula is C11H21N3O. The van der Waals surface area contributed by atoms with E-state index in [0.717, 1.165) is 25.9 Å². The lowest BCUT2D eigenvalue weighted by molar-refractivity contribution is 0.251. The van der Waals surface area contributed by atoms with E-state index in [1.165, 1.54) is 5.69 Å². The molecule has 0 bridgehead atoms. The lowest BCUT2D eigenvalue weighted by atomic mass is 10.0. The zero-order chi connectivity index (χ0) is 11.1. The van der Waals surface area contributed by atoms with Crippen LogP contribution < -0.4 is 5.32 Å². The molecule has 1 unspecified atom stereocenters. The van der Waals surface area contributed by atoms with E-state index in [1.54, 1.807) is 0 Å². The monoisotopic (exact) mass is 211 g/mol. The first-order valence-corrected chi connectivity index (χ1v) is 5.54. The Labute approximate surface area is 91.3 Å². The molecule has 0 saturated heterocycles. The molecule has 0 aliphatic carbocycles. The SMILES string of the molecule is CCC(CCO)CNCc1cncn1C. The predicted molar refractivity (Wildman–Crippen MR) is 60.4 cm³/mol. The maximum Gasteiger partial charge on any atom is 0.0945 e. The third kappa shape index (κ3) is 4.01. The van der Waals surface area contributed by atoms with Crippen molar-refractivity contribution in [3.63, 3.8) is 0 Å². The Morgan fingerprint density at radius 1 is 1.60 bits per heavy atom. The Bertz CT molecular complexity index is 273. The number of nitrogens with zero attached hydrogens (tertiary/aromatic N) is 2. The minimum Gasteiger partial charge on any atom is -0.396 e. The lowest BCUT2D eigenvalue weighted by Crippen LogP contribution is -2.23. The summed E-state index contributed by atoms with van der Waals surface area (Å²) < 4.78 is 2.01. The Kier molecular flexibility index (Phi) is 5.36. The van der Waals surface area contributed by atoms with Gasteiger partial charge < -0.3 is 15.0 Å². The van der Waals surface area contributed by atoms with Crippen LogP contribution in [0.25, 0.3) is 0 Å². The smallest absolute Gasteiger partial charge is 0.0945 e. The first-order valence-electron chi connectivity index (χ1n) is 5.54. The topological polar surface area (TPSA) is 50.1 Å². The number of imidazole rings is 1. The number of aliphatic hydroxyl groups is 1. The van der Waals surface area contributed by atoms with Crippen LogP contribution in [0.2, 0.25) is 0 Å². The maximum absolute atomic E-state index is 8.85. The zero-order valence-electron chi connectivity index (χ0n) is 9.61. The van der Waals surface area contributed by atoms with Crippen LogP contribution in [0.4, 0.5) is 0 Å². The summed E-state index contributed by atoms with van der Waals surface area (Å²) in [5.74, 6) is 0.572. The molecule has 0 saturated carbocycles. The van der Waals surface area contributed by atoms with Crippen molar-refractivity contribution in [1.29, 1.82) is 0 Å². The third-order valence-corrected chi connectivity index (χ3v) is 2.77. The minimum absolute atomic E-state index is 0.284. The average molecular weight is 211 g/mol. The molecule has 1 rings (SSSR count). The largest absolute Gasteiger partial charge is 0.396 e. The normalized spacial score (nSPS) is 13.0. The standard InChI is InChI=1S/C11H21N3O/c1-3-10(4-5-15)6-12-7-11-8-13-9-14(11)2/h8-10,12,15H,3-7H2,1-2H3. The fourth-order valence-corrected chi connectivity index (χ4v) is 1.59. The van der Waals surface area contributed by atoms with E-state index >= 15 is 0 Å². The number of aromatic nitrogens is 2. The Morgan fingerprint density at radius 2 is 2.40 bits per heavy atom. The molecule has 0 spiro atoms. The molecule has 4 heteroatoms. The van der Waals surface area contributed by atoms with E-state index in [1.807, 2.05) is 24.1 Å². The summed E-state index contributed by atoms with van der Waals surface area (Å²) in [6.07, 6.45) is 5.68. The second kappa shape index (κ2) is 6.58. The van der Waals surface area contributed by atoms with Crippen molar-refractivity contribution in [3.05, 3.63) is 18.2 Å². The van der Waals surface area contributed by atoms with Crippen LogP contribution in [-0.4, -0.2) is 27.8 Å². The molecule has 15 heavy (non-hydrogen) atoms. The van der Waals surface area contributed by atoms with Gasteiger partial charge in [-0.25, -0.2) is 4.98 Å². The summed E-state index contributed by atoms with van der Waals surface area (Å²) in [5, 5.41) is 12.2. The van der Waals surface area contributed by atoms with Crippen molar-refractivity contribution in [3.8, 4) is 0 Å². The van der Waals surface area contributed by atoms with Crippen molar-refractivity contribution in [2.75, 3.05) is 13.2 Å². The van der Waals surface area contributed by atoms with E-state index < -0.39 is 0 Å². The number of hydrogen-bond acceptors (Lipinski definition) is 3. The highest BCUT2D eigenvalue weighted by Crippen LogP contribution is 2.06. The summed E-state index contributed by atoms with van der Waals surface area (Å²) >= 11 is 0. The van der Waals surface area contributed by atoms with Crippen LogP contribution in [0.15, 0.2) is 12.5 Å². The van der Waals surface area contributed by atoms with Gasteiger partial charge in [-0.2, -0.15) is 0 Å². The molecule has 0 aromatic carbocycles. The van der Waals surface area contributed by atoms with Gasteiger partial charge in [0.1, 0.15) is 0 Å². The van der Waals surface area contributed by atoms with Crippen LogP contribution in [0, 0.1) is 5.92 Å². The molecule has 1 aromatic rings. The van der Waals surface area contributed by atoms with E-state index in [9.17, 15) is 0 Å². The molecule has 1 atom stereocenters. The Morgan fingerprint density at radius 3 is 2.93 bits per heavy atom. The number of aliphatic hydroxyl groups excluding tert-OH is 1. The number of aryl methyl sites for hydroxylation is 1. The van der Waals surface area contributed by atoms with Crippen molar-refractivity contribution in [2.24, 2.45) is 13.0 Å². The fourth-order valence-electron chi connectivity index (χ4n) is 1.59. The summed E-state index contributed by atoms with van der Waals surface area (Å²) in [4.78, 5) is 4.06. The molecule has 1 heterocycles. The third-order valence-electron chi connectivity index (χ3n) is 2.77. The Hall–Kier alpha value is -0.870. The molecule has 0 amide bonds. The van der Waals surface area contributed by atoms with E-state index in [0.29, 0.717) is 5.92 Å². The van der Waals surface area contributed by atoms with Gasteiger partial charge in [-0.3, -0.25) is 0 Å². The van der Waals surface area contributed by atoms with Gasteiger partial charge in [0.05, 0.1) is 12.0 Å². The molecule has 4 nitrogen and oxygen atoms in total. The summed E-state index contributed by atoms with van der Waals surface area (Å²) in [6.45, 7) is 4.25. The second-order valence-electron chi connectivity index (χ2n) is 3.91. The van der Waals surface area contributed by atoms with Gasteiger partial charge in [-0.15, -0.1) is 0 Å². The van der Waals surface area contributed by atoms with Crippen LogP contribution in [0.3, 0.4) is 0 Å². The van der Waals surface area contributed by atoms with E-state index in [2.05, 4.69) is 17.2 Å². The lowest BCUT2D eigenvalue weighted by Gasteiger charge is -2.14. The quantitative estimate of drug-likeness (QED) is 0.705. The number of nitrogens with one attached hydrogen (secondary N) is 1. The highest BCUT2D eigenvalue weighted by molar-refractivity contribution is 4.96. The number of rotatable bonds is 7. The first kappa shape index (κ1) is 12.2. The number of hydrogen-bond donors (Lipinski definition) is 2. The van der Waals surface area contributed by atoms with Gasteiger partial charge >= 0.3 is 0 Å². The molecule has 1 aromatic heterocycles. The molecule has 86 valence electrons.